The Labute approximate surface area is 146 Å². The molecule has 0 saturated carbocycles. The van der Waals surface area contributed by atoms with E-state index in [1.807, 2.05) is 30.3 Å². The Bertz CT molecular complexity index is 585. The predicted molar refractivity (Wildman–Crippen MR) is 90.5 cm³/mol. The van der Waals surface area contributed by atoms with Crippen molar-refractivity contribution < 1.29 is 19.0 Å². The summed E-state index contributed by atoms with van der Waals surface area (Å²) in [5, 5.41) is 6.74. The zero-order valence-electron chi connectivity index (χ0n) is 14.0. The number of hydrogen-bond donors (Lipinski definition) is 2. The van der Waals surface area contributed by atoms with Crippen LogP contribution in [0.25, 0.3) is 10.4 Å². The fourth-order valence-corrected chi connectivity index (χ4v) is 2.63. The van der Waals surface area contributed by atoms with Crippen molar-refractivity contribution in [2.45, 2.75) is 31.3 Å². The van der Waals surface area contributed by atoms with Crippen molar-refractivity contribution in [2.24, 2.45) is 10.8 Å². The molecule has 1 amide bonds. The maximum atomic E-state index is 10.2. The Morgan fingerprint density at radius 3 is 2.76 bits per heavy atom. The van der Waals surface area contributed by atoms with Crippen molar-refractivity contribution in [1.29, 1.82) is 0 Å². The van der Waals surface area contributed by atoms with Crippen molar-refractivity contribution in [1.82, 2.24) is 5.32 Å². The summed E-state index contributed by atoms with van der Waals surface area (Å²) in [4.78, 5) is 12.9. The van der Waals surface area contributed by atoms with Gasteiger partial charge in [-0.05, 0) is 11.1 Å². The number of rotatable bonds is 4. The highest BCUT2D eigenvalue weighted by Crippen LogP contribution is 2.31. The second-order valence-electron chi connectivity index (χ2n) is 5.72. The van der Waals surface area contributed by atoms with Gasteiger partial charge in [-0.1, -0.05) is 35.4 Å². The smallest absolute Gasteiger partial charge is 0.404 e. The molecule has 136 valence electrons. The van der Waals surface area contributed by atoms with Gasteiger partial charge in [0.1, 0.15) is 6.61 Å². The highest BCUT2D eigenvalue weighted by molar-refractivity contribution is 5.64. The summed E-state index contributed by atoms with van der Waals surface area (Å²) in [6.07, 6.45) is 0.942. The average Bonchev–Trinajstić information content (AvgIpc) is 3.02. The van der Waals surface area contributed by atoms with Crippen LogP contribution < -0.4 is 11.1 Å². The van der Waals surface area contributed by atoms with Gasteiger partial charge < -0.3 is 25.3 Å². The van der Waals surface area contributed by atoms with Gasteiger partial charge in [-0.15, -0.1) is 0 Å². The normalized spacial score (nSPS) is 20.9. The third kappa shape index (κ3) is 6.60. The first-order chi connectivity index (χ1) is 12.1. The lowest BCUT2D eigenvalue weighted by molar-refractivity contribution is -0.182. The quantitative estimate of drug-likeness (QED) is 0.488. The van der Waals surface area contributed by atoms with Crippen molar-refractivity contribution in [3.63, 3.8) is 0 Å². The second kappa shape index (κ2) is 9.85. The highest BCUT2D eigenvalue weighted by Gasteiger charge is 2.41. The Kier molecular flexibility index (Phi) is 7.49. The molecule has 9 nitrogen and oxygen atoms in total. The number of carbonyl (C=O) groups is 1. The van der Waals surface area contributed by atoms with Crippen LogP contribution in [0.15, 0.2) is 35.4 Å². The second-order valence-corrected chi connectivity index (χ2v) is 5.72. The average molecular weight is 349 g/mol. The van der Waals surface area contributed by atoms with Crippen LogP contribution in [0.4, 0.5) is 4.79 Å². The number of hydrogen-bond acceptors (Lipinski definition) is 6. The first kappa shape index (κ1) is 19.0. The number of nitrogens with zero attached hydrogens (tertiary/aromatic N) is 3. The Morgan fingerprint density at radius 2 is 2.12 bits per heavy atom. The van der Waals surface area contributed by atoms with Crippen LogP contribution in [0.2, 0.25) is 0 Å². The van der Waals surface area contributed by atoms with Crippen molar-refractivity contribution in [3.8, 4) is 0 Å². The van der Waals surface area contributed by atoms with Crippen LogP contribution in [0, 0.1) is 0 Å². The molecule has 3 rings (SSSR count). The van der Waals surface area contributed by atoms with Crippen LogP contribution in [0.5, 0.6) is 0 Å². The maximum absolute atomic E-state index is 10.2. The van der Waals surface area contributed by atoms with Gasteiger partial charge in [-0.3, -0.25) is 0 Å². The summed E-state index contributed by atoms with van der Waals surface area (Å²) >= 11 is 0. The molecule has 1 unspecified atom stereocenters. The largest absolute Gasteiger partial charge is 0.445 e. The molecule has 0 radical (unpaired) electrons. The molecular formula is C16H23N5O4. The van der Waals surface area contributed by atoms with E-state index in [4.69, 9.17) is 20.7 Å². The molecule has 0 bridgehead atoms. The van der Waals surface area contributed by atoms with Gasteiger partial charge in [0.05, 0.1) is 19.3 Å². The highest BCUT2D eigenvalue weighted by atomic mass is 16.7. The number of azide groups is 1. The van der Waals surface area contributed by atoms with Crippen molar-refractivity contribution >= 4 is 6.09 Å². The number of benzene rings is 1. The number of ether oxygens (including phenoxy) is 3. The molecule has 2 aliphatic heterocycles. The predicted octanol–water partition coefficient (Wildman–Crippen LogP) is 2.07. The van der Waals surface area contributed by atoms with Crippen LogP contribution in [-0.2, 0) is 20.8 Å². The van der Waals surface area contributed by atoms with Gasteiger partial charge >= 0.3 is 6.09 Å². The summed E-state index contributed by atoms with van der Waals surface area (Å²) in [7, 11) is 0. The third-order valence-corrected chi connectivity index (χ3v) is 3.85. The molecule has 2 aliphatic rings. The number of nitrogens with one attached hydrogen (secondary N) is 1. The lowest BCUT2D eigenvalue weighted by Gasteiger charge is -2.32. The first-order valence-electron chi connectivity index (χ1n) is 8.13. The summed E-state index contributed by atoms with van der Waals surface area (Å²) < 4.78 is 16.0. The Hall–Kier alpha value is -2.32. The molecule has 1 atom stereocenters. The fourth-order valence-electron chi connectivity index (χ4n) is 2.63. The van der Waals surface area contributed by atoms with E-state index in [2.05, 4.69) is 20.1 Å². The lowest BCUT2D eigenvalue weighted by atomic mass is 10.1. The summed E-state index contributed by atoms with van der Waals surface area (Å²) in [6, 6.07) is 9.37. The van der Waals surface area contributed by atoms with E-state index in [0.29, 0.717) is 13.2 Å². The summed E-state index contributed by atoms with van der Waals surface area (Å²) in [6.45, 7) is 3.00. The monoisotopic (exact) mass is 349 g/mol. The number of nitrogens with two attached hydrogens (primary N) is 1. The molecule has 1 aromatic rings. The number of primary amides is 1. The minimum absolute atomic E-state index is 0.0657. The van der Waals surface area contributed by atoms with E-state index in [1.165, 1.54) is 0 Å². The van der Waals surface area contributed by atoms with Gasteiger partial charge in [0.2, 0.25) is 0 Å². The van der Waals surface area contributed by atoms with Crippen LogP contribution in [0.3, 0.4) is 0 Å². The number of carbonyl (C=O) groups excluding carboxylic acids is 1. The van der Waals surface area contributed by atoms with E-state index >= 15 is 0 Å². The van der Waals surface area contributed by atoms with E-state index in [1.54, 1.807) is 0 Å². The zero-order valence-corrected chi connectivity index (χ0v) is 14.0. The van der Waals surface area contributed by atoms with Gasteiger partial charge in [-0.25, -0.2) is 4.79 Å². The topological polar surface area (TPSA) is 132 Å². The third-order valence-electron chi connectivity index (χ3n) is 3.85. The molecule has 1 aromatic carbocycles. The van der Waals surface area contributed by atoms with Gasteiger partial charge in [-0.2, -0.15) is 0 Å². The minimum atomic E-state index is -0.742. The molecule has 0 aliphatic carbocycles. The van der Waals surface area contributed by atoms with E-state index < -0.39 is 11.9 Å². The van der Waals surface area contributed by atoms with Gasteiger partial charge in [0.15, 0.2) is 5.79 Å². The van der Waals surface area contributed by atoms with Gasteiger partial charge in [0.25, 0.3) is 0 Å². The zero-order chi connectivity index (χ0) is 18.0. The summed E-state index contributed by atoms with van der Waals surface area (Å²) in [5.41, 5.74) is 13.9. The van der Waals surface area contributed by atoms with Crippen LogP contribution >= 0.6 is 0 Å². The van der Waals surface area contributed by atoms with Gasteiger partial charge in [0, 0.05) is 30.8 Å². The lowest BCUT2D eigenvalue weighted by Crippen LogP contribution is -2.43. The SMILES string of the molecule is NC(=O)OCc1ccccc1.[N-]=[N+]=NCC1COC2(CCNCC2)O1. The molecular weight excluding hydrogens is 326 g/mol. The first-order valence-corrected chi connectivity index (χ1v) is 8.13. The molecule has 1 spiro atoms. The van der Waals surface area contributed by atoms with Crippen molar-refractivity contribution in [2.75, 3.05) is 26.2 Å². The standard InChI is InChI=1S/C8H14N4O2.C8H9NO2/c9-12-11-5-7-6-13-8(14-7)1-3-10-4-2-8;9-8(10)11-6-7-4-2-1-3-5-7/h7,10H,1-6H2;1-5H,6H2,(H2,9,10). The van der Waals surface area contributed by atoms with Crippen LogP contribution in [0.1, 0.15) is 18.4 Å². The summed E-state index contributed by atoms with van der Waals surface area (Å²) in [5.74, 6) is -0.402. The minimum Gasteiger partial charge on any atom is -0.445 e. The molecule has 2 heterocycles. The number of piperidine rings is 1. The molecule has 0 aromatic heterocycles. The van der Waals surface area contributed by atoms with E-state index in [0.717, 1.165) is 31.5 Å². The van der Waals surface area contributed by atoms with Crippen molar-refractivity contribution in [3.05, 3.63) is 46.3 Å². The van der Waals surface area contributed by atoms with E-state index in [-0.39, 0.29) is 12.7 Å². The molecule has 3 N–H and O–H groups in total. The number of amides is 1. The Morgan fingerprint density at radius 1 is 1.40 bits per heavy atom. The van der Waals surface area contributed by atoms with Crippen LogP contribution in [-0.4, -0.2) is 44.2 Å². The fraction of sp³-hybridized carbons (Fsp3) is 0.562. The maximum Gasteiger partial charge on any atom is 0.404 e. The Balaban J connectivity index is 0.000000186. The molecule has 9 heteroatoms. The molecule has 2 fully saturated rings. The molecule has 2 saturated heterocycles. The van der Waals surface area contributed by atoms with E-state index in [9.17, 15) is 4.79 Å². The molecule has 25 heavy (non-hydrogen) atoms.